The Kier molecular flexibility index (Phi) is 6.40. The molecule has 1 aliphatic heterocycles. The molecule has 5 rings (SSSR count). The number of nitrogens with zero attached hydrogens (tertiary/aromatic N) is 1. The number of hydrogen-bond acceptors (Lipinski definition) is 7. The van der Waals surface area contributed by atoms with Gasteiger partial charge in [-0.2, -0.15) is 0 Å². The van der Waals surface area contributed by atoms with Gasteiger partial charge in [0.05, 0.1) is 26.1 Å². The van der Waals surface area contributed by atoms with Crippen molar-refractivity contribution in [2.45, 2.75) is 46.1 Å². The molecule has 0 saturated carbocycles. The summed E-state index contributed by atoms with van der Waals surface area (Å²) in [5.41, 5.74) is 2.11. The normalized spacial score (nSPS) is 26.9. The minimum Gasteiger partial charge on any atom is -0.502 e. The molecule has 3 aliphatic carbocycles. The molecule has 1 N–H and O–H groups in total. The number of imide groups is 1. The summed E-state index contributed by atoms with van der Waals surface area (Å²) >= 11 is 0. The van der Waals surface area contributed by atoms with E-state index in [2.05, 4.69) is 0 Å². The van der Waals surface area contributed by atoms with Crippen LogP contribution in [-0.2, 0) is 19.2 Å². The molecule has 8 heteroatoms. The number of hydrogen-bond donors (Lipinski definition) is 1. The summed E-state index contributed by atoms with van der Waals surface area (Å²) in [4.78, 5) is 55.0. The van der Waals surface area contributed by atoms with Gasteiger partial charge in [0.25, 0.3) is 0 Å². The zero-order valence-electron chi connectivity index (χ0n) is 23.0. The van der Waals surface area contributed by atoms with E-state index in [-0.39, 0.29) is 53.0 Å². The van der Waals surface area contributed by atoms with Crippen LogP contribution in [0.1, 0.15) is 46.1 Å². The number of ketones is 2. The summed E-state index contributed by atoms with van der Waals surface area (Å²) in [6.45, 7) is 7.17. The SMILES string of the molecule is COc1cc(C=C[C@H]2C3=CC[C@@H]4C(=O)N(C(C)(C)C)C(=O)[C@@H]4[C@@H]3CC3=C2C(=O)C=C(C)C3=O)cc(OC)c1O. The number of phenols is 1. The predicted molar refractivity (Wildman–Crippen MR) is 144 cm³/mol. The number of benzene rings is 1. The van der Waals surface area contributed by atoms with Gasteiger partial charge in [-0.25, -0.2) is 0 Å². The molecule has 39 heavy (non-hydrogen) atoms. The van der Waals surface area contributed by atoms with Gasteiger partial charge in [-0.1, -0.05) is 23.8 Å². The Bertz CT molecular complexity index is 1410. The van der Waals surface area contributed by atoms with Crippen molar-refractivity contribution in [1.29, 1.82) is 0 Å². The number of methoxy groups -OCH3 is 2. The fourth-order valence-corrected chi connectivity index (χ4v) is 6.54. The largest absolute Gasteiger partial charge is 0.502 e. The third kappa shape index (κ3) is 4.13. The topological polar surface area (TPSA) is 110 Å². The molecule has 1 fully saturated rings. The Morgan fingerprint density at radius 3 is 2.23 bits per heavy atom. The average Bonchev–Trinajstić information content (AvgIpc) is 3.15. The molecule has 1 heterocycles. The molecular weight excluding hydrogens is 498 g/mol. The number of likely N-dealkylation sites (tertiary alicyclic amines) is 1. The van der Waals surface area contributed by atoms with Crippen LogP contribution in [0.3, 0.4) is 0 Å². The summed E-state index contributed by atoms with van der Waals surface area (Å²) in [6, 6.07) is 3.29. The van der Waals surface area contributed by atoms with Gasteiger partial charge >= 0.3 is 0 Å². The number of phenolic OH excluding ortho intramolecular Hbond substituents is 1. The van der Waals surface area contributed by atoms with Crippen LogP contribution in [0.5, 0.6) is 17.2 Å². The number of ether oxygens (including phenoxy) is 2. The molecule has 2 amide bonds. The molecule has 0 aromatic heterocycles. The first-order valence-corrected chi connectivity index (χ1v) is 13.1. The summed E-state index contributed by atoms with van der Waals surface area (Å²) < 4.78 is 10.6. The molecule has 8 nitrogen and oxygen atoms in total. The summed E-state index contributed by atoms with van der Waals surface area (Å²) in [5.74, 6) is -2.43. The van der Waals surface area contributed by atoms with Crippen LogP contribution in [0.4, 0.5) is 0 Å². The van der Waals surface area contributed by atoms with Crippen molar-refractivity contribution < 1.29 is 33.8 Å². The van der Waals surface area contributed by atoms with Gasteiger partial charge in [-0.3, -0.25) is 24.1 Å². The second kappa shape index (κ2) is 9.36. The van der Waals surface area contributed by atoms with Crippen LogP contribution in [0.15, 0.2) is 52.7 Å². The van der Waals surface area contributed by atoms with Crippen molar-refractivity contribution in [1.82, 2.24) is 4.90 Å². The van der Waals surface area contributed by atoms with E-state index in [0.717, 1.165) is 5.57 Å². The number of Topliss-reactive ketones (excluding diaryl/α,β-unsaturated/α-hetero) is 1. The maximum atomic E-state index is 13.7. The highest BCUT2D eigenvalue weighted by molar-refractivity contribution is 6.23. The van der Waals surface area contributed by atoms with E-state index in [4.69, 9.17) is 9.47 Å². The van der Waals surface area contributed by atoms with Crippen molar-refractivity contribution in [3.63, 3.8) is 0 Å². The molecule has 0 bridgehead atoms. The van der Waals surface area contributed by atoms with Gasteiger partial charge in [0.2, 0.25) is 17.6 Å². The smallest absolute Gasteiger partial charge is 0.234 e. The highest BCUT2D eigenvalue weighted by Crippen LogP contribution is 2.53. The van der Waals surface area contributed by atoms with Crippen LogP contribution in [0.25, 0.3) is 6.08 Å². The van der Waals surface area contributed by atoms with Crippen molar-refractivity contribution >= 4 is 29.5 Å². The number of rotatable bonds is 4. The lowest BCUT2D eigenvalue weighted by Gasteiger charge is -2.41. The zero-order valence-corrected chi connectivity index (χ0v) is 23.0. The number of aromatic hydroxyl groups is 1. The lowest BCUT2D eigenvalue weighted by atomic mass is 9.60. The van der Waals surface area contributed by atoms with E-state index in [1.54, 1.807) is 25.1 Å². The fourth-order valence-electron chi connectivity index (χ4n) is 6.54. The van der Waals surface area contributed by atoms with E-state index >= 15 is 0 Å². The first kappa shape index (κ1) is 26.7. The molecular formula is C31H33NO7. The second-order valence-electron chi connectivity index (χ2n) is 11.6. The molecule has 204 valence electrons. The van der Waals surface area contributed by atoms with Crippen molar-refractivity contribution in [2.75, 3.05) is 14.2 Å². The quantitative estimate of drug-likeness (QED) is 0.353. The molecule has 0 spiro atoms. The number of carbonyl (C=O) groups is 4. The Morgan fingerprint density at radius 2 is 1.64 bits per heavy atom. The molecule has 1 saturated heterocycles. The van der Waals surface area contributed by atoms with Crippen molar-refractivity contribution in [3.8, 4) is 17.2 Å². The Labute approximate surface area is 227 Å². The highest BCUT2D eigenvalue weighted by atomic mass is 16.5. The molecule has 1 aromatic rings. The van der Waals surface area contributed by atoms with E-state index in [1.165, 1.54) is 25.2 Å². The minimum atomic E-state index is -0.656. The monoisotopic (exact) mass is 531 g/mol. The third-order valence-electron chi connectivity index (χ3n) is 8.26. The number of allylic oxidation sites excluding steroid dienone is 7. The van der Waals surface area contributed by atoms with Crippen LogP contribution in [0.2, 0.25) is 0 Å². The highest BCUT2D eigenvalue weighted by Gasteiger charge is 2.57. The van der Waals surface area contributed by atoms with Crippen LogP contribution in [0, 0.1) is 23.7 Å². The van der Waals surface area contributed by atoms with Crippen molar-refractivity contribution in [2.24, 2.45) is 23.7 Å². The number of amides is 2. The van der Waals surface area contributed by atoms with Crippen LogP contribution < -0.4 is 9.47 Å². The first-order chi connectivity index (χ1) is 18.4. The maximum Gasteiger partial charge on any atom is 0.234 e. The van der Waals surface area contributed by atoms with Gasteiger partial charge in [0.15, 0.2) is 23.1 Å². The number of fused-ring (bicyclic) bond motifs is 3. The second-order valence-corrected chi connectivity index (χ2v) is 11.6. The van der Waals surface area contributed by atoms with E-state index in [0.29, 0.717) is 28.7 Å². The Balaban J connectivity index is 1.62. The van der Waals surface area contributed by atoms with E-state index < -0.39 is 23.3 Å². The first-order valence-electron chi connectivity index (χ1n) is 13.1. The van der Waals surface area contributed by atoms with Crippen LogP contribution >= 0.6 is 0 Å². The van der Waals surface area contributed by atoms with Crippen molar-refractivity contribution in [3.05, 3.63) is 58.2 Å². The van der Waals surface area contributed by atoms with E-state index in [9.17, 15) is 24.3 Å². The molecule has 4 atom stereocenters. The lowest BCUT2D eigenvalue weighted by molar-refractivity contribution is -0.145. The Hall–Kier alpha value is -3.94. The third-order valence-corrected chi connectivity index (χ3v) is 8.26. The summed E-state index contributed by atoms with van der Waals surface area (Å²) in [7, 11) is 2.88. The lowest BCUT2D eigenvalue weighted by Crippen LogP contribution is -2.46. The van der Waals surface area contributed by atoms with E-state index in [1.807, 2.05) is 32.9 Å². The van der Waals surface area contributed by atoms with Gasteiger partial charge in [0.1, 0.15) is 0 Å². The average molecular weight is 532 g/mol. The van der Waals surface area contributed by atoms with Gasteiger partial charge in [-0.15, -0.1) is 0 Å². The van der Waals surface area contributed by atoms with Gasteiger partial charge in [-0.05, 0) is 70.2 Å². The molecule has 0 radical (unpaired) electrons. The van der Waals surface area contributed by atoms with Crippen LogP contribution in [-0.4, -0.2) is 53.1 Å². The predicted octanol–water partition coefficient (Wildman–Crippen LogP) is 4.18. The maximum absolute atomic E-state index is 13.7. The fraction of sp³-hybridized carbons (Fsp3) is 0.419. The number of carbonyl (C=O) groups excluding carboxylic acids is 4. The summed E-state index contributed by atoms with van der Waals surface area (Å²) in [6.07, 6.45) is 7.66. The van der Waals surface area contributed by atoms with Gasteiger partial charge in [0, 0.05) is 28.2 Å². The zero-order chi connectivity index (χ0) is 28.4. The minimum absolute atomic E-state index is 0.123. The molecule has 4 aliphatic rings. The summed E-state index contributed by atoms with van der Waals surface area (Å²) in [5, 5.41) is 10.3. The Morgan fingerprint density at radius 1 is 1.00 bits per heavy atom. The molecule has 1 aromatic carbocycles. The van der Waals surface area contributed by atoms with Gasteiger partial charge < -0.3 is 14.6 Å². The molecule has 0 unspecified atom stereocenters. The standard InChI is InChI=1S/C31H33NO7/c1-15-11-22(33)25-18(8-7-16-12-23(38-5)28(35)24(13-16)39-6)17-9-10-19-26(20(17)14-21(25)27(15)34)30(37)32(29(19)36)31(2,3)4/h7-9,11-13,18-20,26,35H,10,14H2,1-6H3/t18-,19-,20+,26-/m0/s1.